The van der Waals surface area contributed by atoms with Crippen LogP contribution in [0.1, 0.15) is 0 Å². The Kier molecular flexibility index (Phi) is 2.29. The molecule has 2 heterocycles. The van der Waals surface area contributed by atoms with Gasteiger partial charge in [-0.05, 0) is 24.3 Å². The molecule has 3 aromatic rings. The second-order valence-corrected chi connectivity index (χ2v) is 6.03. The Hall–Kier alpha value is -2.00. The zero-order valence-electron chi connectivity index (χ0n) is 10.7. The van der Waals surface area contributed by atoms with Crippen LogP contribution in [0.2, 0.25) is 0 Å². The van der Waals surface area contributed by atoms with Crippen molar-refractivity contribution < 1.29 is 0 Å². The molecule has 1 aliphatic heterocycles. The Morgan fingerprint density at radius 1 is 0.947 bits per heavy atom. The summed E-state index contributed by atoms with van der Waals surface area (Å²) in [6.07, 6.45) is 4.24. The average molecular weight is 266 g/mol. The van der Waals surface area contributed by atoms with Crippen molar-refractivity contribution in [3.63, 3.8) is 0 Å². The van der Waals surface area contributed by atoms with E-state index in [4.69, 9.17) is 0 Å². The number of hydrogen-bond donors (Lipinski definition) is 0. The van der Waals surface area contributed by atoms with Crippen molar-refractivity contribution in [2.75, 3.05) is 18.6 Å². The first kappa shape index (κ1) is 10.9. The number of nitrogens with zero attached hydrogens (tertiary/aromatic N) is 2. The van der Waals surface area contributed by atoms with Gasteiger partial charge in [-0.2, -0.15) is 0 Å². The fourth-order valence-electron chi connectivity index (χ4n) is 2.59. The molecule has 0 unspecified atom stereocenters. The van der Waals surface area contributed by atoms with Gasteiger partial charge >= 0.3 is 0 Å². The summed E-state index contributed by atoms with van der Waals surface area (Å²) < 4.78 is 2.73. The summed E-state index contributed by atoms with van der Waals surface area (Å²) in [5.41, 5.74) is 1.26. The highest BCUT2D eigenvalue weighted by Gasteiger charge is 2.12. The predicted octanol–water partition coefficient (Wildman–Crippen LogP) is 4.24. The molecule has 0 atom stereocenters. The Morgan fingerprint density at radius 2 is 1.79 bits per heavy atom. The number of thiophene rings is 1. The van der Waals surface area contributed by atoms with Gasteiger partial charge in [0.1, 0.15) is 0 Å². The Balaban J connectivity index is 1.90. The van der Waals surface area contributed by atoms with Crippen LogP contribution in [0.3, 0.4) is 0 Å². The van der Waals surface area contributed by atoms with Gasteiger partial charge < -0.3 is 9.80 Å². The minimum atomic E-state index is 0.924. The standard InChI is InChI=1S/C16H14N2S/c1-17-8-9-18(11-17)12-6-7-16-14(10-12)13-4-2-3-5-15(13)19-16/h2-10H,11H2,1H3. The van der Waals surface area contributed by atoms with Crippen LogP contribution >= 0.6 is 11.3 Å². The minimum Gasteiger partial charge on any atom is -0.361 e. The van der Waals surface area contributed by atoms with Gasteiger partial charge in [-0.15, -0.1) is 11.3 Å². The zero-order valence-corrected chi connectivity index (χ0v) is 11.5. The molecule has 2 nitrogen and oxygen atoms in total. The highest BCUT2D eigenvalue weighted by molar-refractivity contribution is 7.25. The van der Waals surface area contributed by atoms with Crippen LogP contribution in [-0.2, 0) is 0 Å². The van der Waals surface area contributed by atoms with Crippen molar-refractivity contribution in [2.24, 2.45) is 0 Å². The summed E-state index contributed by atoms with van der Waals surface area (Å²) in [7, 11) is 2.09. The molecular formula is C16H14N2S. The lowest BCUT2D eigenvalue weighted by atomic mass is 10.1. The molecule has 0 amide bonds. The van der Waals surface area contributed by atoms with Crippen molar-refractivity contribution in [2.45, 2.75) is 0 Å². The van der Waals surface area contributed by atoms with Gasteiger partial charge in [0.25, 0.3) is 0 Å². The normalized spacial score (nSPS) is 15.0. The lowest BCUT2D eigenvalue weighted by Gasteiger charge is -2.18. The number of fused-ring (bicyclic) bond motifs is 3. The van der Waals surface area contributed by atoms with Gasteiger partial charge in [-0.25, -0.2) is 0 Å². The smallest absolute Gasteiger partial charge is 0.0938 e. The molecule has 0 saturated carbocycles. The van der Waals surface area contributed by atoms with Crippen LogP contribution in [-0.4, -0.2) is 18.6 Å². The van der Waals surface area contributed by atoms with E-state index in [-0.39, 0.29) is 0 Å². The molecule has 0 saturated heterocycles. The van der Waals surface area contributed by atoms with E-state index in [1.165, 1.54) is 25.9 Å². The maximum absolute atomic E-state index is 2.30. The van der Waals surface area contributed by atoms with Crippen molar-refractivity contribution in [1.82, 2.24) is 4.90 Å². The fourth-order valence-corrected chi connectivity index (χ4v) is 3.68. The zero-order chi connectivity index (χ0) is 12.8. The average Bonchev–Trinajstić information content (AvgIpc) is 3.01. The monoisotopic (exact) mass is 266 g/mol. The summed E-state index contributed by atoms with van der Waals surface area (Å²) >= 11 is 1.87. The molecule has 0 N–H and O–H groups in total. The molecule has 2 aromatic carbocycles. The quantitative estimate of drug-likeness (QED) is 0.650. The topological polar surface area (TPSA) is 6.48 Å². The molecule has 0 radical (unpaired) electrons. The molecule has 19 heavy (non-hydrogen) atoms. The maximum atomic E-state index is 2.30. The van der Waals surface area contributed by atoms with E-state index in [2.05, 4.69) is 71.7 Å². The van der Waals surface area contributed by atoms with E-state index in [1.807, 2.05) is 11.3 Å². The van der Waals surface area contributed by atoms with Crippen LogP contribution in [0.15, 0.2) is 54.9 Å². The van der Waals surface area contributed by atoms with E-state index in [0.717, 1.165) is 6.67 Å². The fraction of sp³-hybridized carbons (Fsp3) is 0.125. The molecule has 0 bridgehead atoms. The third kappa shape index (κ3) is 1.70. The van der Waals surface area contributed by atoms with E-state index in [9.17, 15) is 0 Å². The molecule has 0 aliphatic carbocycles. The summed E-state index contributed by atoms with van der Waals surface area (Å²) in [5.74, 6) is 0. The predicted molar refractivity (Wildman–Crippen MR) is 83.6 cm³/mol. The van der Waals surface area contributed by atoms with Crippen LogP contribution in [0, 0.1) is 0 Å². The Labute approximate surface area is 116 Å². The van der Waals surface area contributed by atoms with Crippen molar-refractivity contribution >= 4 is 37.2 Å². The van der Waals surface area contributed by atoms with E-state index >= 15 is 0 Å². The SMILES string of the molecule is CN1C=CN(c2ccc3sc4ccccc4c3c2)C1. The summed E-state index contributed by atoms with van der Waals surface area (Å²) in [6.45, 7) is 0.924. The van der Waals surface area contributed by atoms with Gasteiger partial charge in [0.2, 0.25) is 0 Å². The van der Waals surface area contributed by atoms with Crippen LogP contribution in [0.5, 0.6) is 0 Å². The Bertz CT molecular complexity index is 788. The number of benzene rings is 2. The first-order valence-corrected chi connectivity index (χ1v) is 7.19. The highest BCUT2D eigenvalue weighted by Crippen LogP contribution is 2.36. The second-order valence-electron chi connectivity index (χ2n) is 4.95. The summed E-state index contributed by atoms with van der Waals surface area (Å²) in [5, 5.41) is 2.72. The number of anilines is 1. The van der Waals surface area contributed by atoms with Gasteiger partial charge in [-0.1, -0.05) is 18.2 Å². The van der Waals surface area contributed by atoms with E-state index in [0.29, 0.717) is 0 Å². The summed E-state index contributed by atoms with van der Waals surface area (Å²) in [6, 6.07) is 15.4. The number of hydrogen-bond acceptors (Lipinski definition) is 3. The third-order valence-electron chi connectivity index (χ3n) is 3.57. The minimum absolute atomic E-state index is 0.924. The van der Waals surface area contributed by atoms with Crippen LogP contribution in [0.25, 0.3) is 20.2 Å². The lowest BCUT2D eigenvalue weighted by molar-refractivity contribution is 0.496. The van der Waals surface area contributed by atoms with Gasteiger partial charge in [0.05, 0.1) is 6.67 Å². The molecule has 0 fully saturated rings. The van der Waals surface area contributed by atoms with Gasteiger partial charge in [-0.3, -0.25) is 0 Å². The molecule has 94 valence electrons. The Morgan fingerprint density at radius 3 is 2.63 bits per heavy atom. The maximum Gasteiger partial charge on any atom is 0.0938 e. The van der Waals surface area contributed by atoms with Crippen molar-refractivity contribution in [1.29, 1.82) is 0 Å². The molecule has 0 spiro atoms. The van der Waals surface area contributed by atoms with Crippen LogP contribution < -0.4 is 4.90 Å². The van der Waals surface area contributed by atoms with Crippen LogP contribution in [0.4, 0.5) is 5.69 Å². The number of rotatable bonds is 1. The molecule has 1 aromatic heterocycles. The largest absolute Gasteiger partial charge is 0.361 e. The van der Waals surface area contributed by atoms with Gasteiger partial charge in [0, 0.05) is 45.3 Å². The second kappa shape index (κ2) is 4.00. The lowest BCUT2D eigenvalue weighted by Crippen LogP contribution is -2.21. The first-order valence-electron chi connectivity index (χ1n) is 6.38. The van der Waals surface area contributed by atoms with E-state index < -0.39 is 0 Å². The molecule has 4 rings (SSSR count). The van der Waals surface area contributed by atoms with Crippen molar-refractivity contribution in [3.05, 3.63) is 54.9 Å². The van der Waals surface area contributed by atoms with Gasteiger partial charge in [0.15, 0.2) is 0 Å². The van der Waals surface area contributed by atoms with Crippen molar-refractivity contribution in [3.8, 4) is 0 Å². The molecule has 1 aliphatic rings. The highest BCUT2D eigenvalue weighted by atomic mass is 32.1. The first-order chi connectivity index (χ1) is 9.31. The third-order valence-corrected chi connectivity index (χ3v) is 4.72. The molecule has 3 heteroatoms. The van der Waals surface area contributed by atoms with E-state index in [1.54, 1.807) is 0 Å². The molecular weight excluding hydrogens is 252 g/mol. The summed E-state index contributed by atoms with van der Waals surface area (Å²) in [4.78, 5) is 4.45.